The fourth-order valence-corrected chi connectivity index (χ4v) is 3.06. The van der Waals surface area contributed by atoms with Crippen LogP contribution in [0.25, 0.3) is 16.6 Å². The molecule has 0 N–H and O–H groups in total. The maximum absolute atomic E-state index is 13.1. The van der Waals surface area contributed by atoms with E-state index in [0.717, 1.165) is 11.3 Å². The largest absolute Gasteiger partial charge is 0.268 e. The van der Waals surface area contributed by atoms with Crippen LogP contribution in [0.2, 0.25) is 5.02 Å². The van der Waals surface area contributed by atoms with Gasteiger partial charge in [0.2, 0.25) is 0 Å². The predicted molar refractivity (Wildman–Crippen MR) is 102 cm³/mol. The summed E-state index contributed by atoms with van der Waals surface area (Å²) >= 11 is 6.00. The Morgan fingerprint density at radius 1 is 0.840 bits per heavy atom. The molecule has 0 saturated heterocycles. The first-order valence-electron chi connectivity index (χ1n) is 8.03. The Labute approximate surface area is 150 Å². The molecule has 0 amide bonds. The Morgan fingerprint density at radius 2 is 1.52 bits per heavy atom. The third-order valence-electron chi connectivity index (χ3n) is 4.14. The van der Waals surface area contributed by atoms with Crippen LogP contribution >= 0.6 is 11.6 Å². The highest BCUT2D eigenvalue weighted by Gasteiger charge is 2.13. The zero-order valence-corrected chi connectivity index (χ0v) is 14.1. The van der Waals surface area contributed by atoms with Crippen LogP contribution < -0.4 is 5.56 Å². The number of halogens is 1. The molecule has 0 fully saturated rings. The molecule has 3 aromatic carbocycles. The first kappa shape index (κ1) is 15.6. The molecule has 4 heteroatoms. The van der Waals surface area contributed by atoms with Crippen molar-refractivity contribution in [3.8, 4) is 5.69 Å². The van der Waals surface area contributed by atoms with Gasteiger partial charge < -0.3 is 0 Å². The van der Waals surface area contributed by atoms with Gasteiger partial charge in [0.1, 0.15) is 5.82 Å². The summed E-state index contributed by atoms with van der Waals surface area (Å²) in [7, 11) is 0. The first-order valence-corrected chi connectivity index (χ1v) is 8.41. The molecule has 25 heavy (non-hydrogen) atoms. The summed E-state index contributed by atoms with van der Waals surface area (Å²) in [6.07, 6.45) is 0.573. The number of fused-ring (bicyclic) bond motifs is 1. The topological polar surface area (TPSA) is 34.9 Å². The van der Waals surface area contributed by atoms with Gasteiger partial charge in [-0.05, 0) is 42.0 Å². The highest BCUT2D eigenvalue weighted by atomic mass is 35.5. The van der Waals surface area contributed by atoms with Gasteiger partial charge >= 0.3 is 0 Å². The van der Waals surface area contributed by atoms with Crippen LogP contribution in [0, 0.1) is 0 Å². The second-order valence-corrected chi connectivity index (χ2v) is 6.26. The molecule has 122 valence electrons. The minimum absolute atomic E-state index is 0.0705. The van der Waals surface area contributed by atoms with Gasteiger partial charge in [-0.2, -0.15) is 0 Å². The van der Waals surface area contributed by atoms with Crippen molar-refractivity contribution in [3.05, 3.63) is 106 Å². The summed E-state index contributed by atoms with van der Waals surface area (Å²) in [6.45, 7) is 0. The quantitative estimate of drug-likeness (QED) is 0.542. The molecule has 0 radical (unpaired) electrons. The number of rotatable bonds is 3. The molecule has 0 unspecified atom stereocenters. The average molecular weight is 347 g/mol. The van der Waals surface area contributed by atoms with Gasteiger partial charge in [0.15, 0.2) is 0 Å². The summed E-state index contributed by atoms with van der Waals surface area (Å²) < 4.78 is 1.67. The van der Waals surface area contributed by atoms with Crippen LogP contribution in [0.3, 0.4) is 0 Å². The summed E-state index contributed by atoms with van der Waals surface area (Å²) in [6, 6.07) is 24.7. The van der Waals surface area contributed by atoms with E-state index in [-0.39, 0.29) is 5.56 Å². The van der Waals surface area contributed by atoms with Gasteiger partial charge in [0.05, 0.1) is 16.6 Å². The lowest BCUT2D eigenvalue weighted by Gasteiger charge is -2.14. The van der Waals surface area contributed by atoms with Crippen molar-refractivity contribution in [1.82, 2.24) is 9.55 Å². The Balaban J connectivity index is 1.97. The maximum atomic E-state index is 13.1. The molecule has 1 heterocycles. The minimum atomic E-state index is -0.0705. The van der Waals surface area contributed by atoms with Crippen molar-refractivity contribution in [2.24, 2.45) is 0 Å². The van der Waals surface area contributed by atoms with E-state index in [0.29, 0.717) is 28.2 Å². The molecule has 0 spiro atoms. The van der Waals surface area contributed by atoms with E-state index >= 15 is 0 Å². The second-order valence-electron chi connectivity index (χ2n) is 5.82. The number of hydrogen-bond donors (Lipinski definition) is 0. The van der Waals surface area contributed by atoms with Crippen molar-refractivity contribution in [1.29, 1.82) is 0 Å². The van der Waals surface area contributed by atoms with Crippen LogP contribution in [0.4, 0.5) is 0 Å². The normalized spacial score (nSPS) is 10.9. The number of nitrogens with zero attached hydrogens (tertiary/aromatic N) is 2. The predicted octanol–water partition coefficient (Wildman–Crippen LogP) is 4.63. The summed E-state index contributed by atoms with van der Waals surface area (Å²) in [5, 5.41) is 1.24. The summed E-state index contributed by atoms with van der Waals surface area (Å²) in [5.74, 6) is 0.706. The Morgan fingerprint density at radius 3 is 2.28 bits per heavy atom. The van der Waals surface area contributed by atoms with Crippen molar-refractivity contribution in [2.45, 2.75) is 6.42 Å². The molecule has 3 nitrogen and oxygen atoms in total. The fourth-order valence-electron chi connectivity index (χ4n) is 2.93. The number of para-hydroxylation sites is 1. The van der Waals surface area contributed by atoms with Crippen LogP contribution in [-0.2, 0) is 6.42 Å². The molecule has 1 aromatic heterocycles. The number of benzene rings is 3. The molecule has 4 aromatic rings. The van der Waals surface area contributed by atoms with Crippen LogP contribution in [0.1, 0.15) is 11.4 Å². The maximum Gasteiger partial charge on any atom is 0.265 e. The van der Waals surface area contributed by atoms with Gasteiger partial charge in [0.25, 0.3) is 5.56 Å². The minimum Gasteiger partial charge on any atom is -0.268 e. The fraction of sp³-hybridized carbons (Fsp3) is 0.0476. The number of hydrogen-bond acceptors (Lipinski definition) is 2. The molecule has 0 aliphatic rings. The Kier molecular flexibility index (Phi) is 4.08. The Bertz CT molecular complexity index is 1090. The zero-order chi connectivity index (χ0) is 17.2. The summed E-state index contributed by atoms with van der Waals surface area (Å²) in [4.78, 5) is 17.9. The highest BCUT2D eigenvalue weighted by Crippen LogP contribution is 2.17. The lowest BCUT2D eigenvalue weighted by molar-refractivity contribution is 0.850. The van der Waals surface area contributed by atoms with Crippen LogP contribution in [0.15, 0.2) is 83.7 Å². The van der Waals surface area contributed by atoms with Crippen LogP contribution in [-0.4, -0.2) is 9.55 Å². The molecule has 0 aliphatic heterocycles. The molecule has 0 aliphatic carbocycles. The van der Waals surface area contributed by atoms with E-state index in [9.17, 15) is 4.79 Å². The third kappa shape index (κ3) is 3.06. The third-order valence-corrected chi connectivity index (χ3v) is 4.39. The molecular formula is C21H15ClN2O. The van der Waals surface area contributed by atoms with E-state index in [1.54, 1.807) is 16.7 Å². The second kappa shape index (κ2) is 6.54. The highest BCUT2D eigenvalue weighted by molar-refractivity contribution is 6.30. The smallest absolute Gasteiger partial charge is 0.265 e. The molecule has 0 bridgehead atoms. The van der Waals surface area contributed by atoms with Crippen LogP contribution in [0.5, 0.6) is 0 Å². The SMILES string of the molecule is O=c1c2ccccc2nc(Cc2ccccc2)n1-c1ccc(Cl)cc1. The lowest BCUT2D eigenvalue weighted by atomic mass is 10.1. The van der Waals surface area contributed by atoms with Gasteiger partial charge in [-0.1, -0.05) is 54.1 Å². The van der Waals surface area contributed by atoms with Crippen molar-refractivity contribution < 1.29 is 0 Å². The van der Waals surface area contributed by atoms with Gasteiger partial charge in [-0.3, -0.25) is 9.36 Å². The van der Waals surface area contributed by atoms with E-state index in [1.807, 2.05) is 66.7 Å². The van der Waals surface area contributed by atoms with E-state index < -0.39 is 0 Å². The van der Waals surface area contributed by atoms with Crippen molar-refractivity contribution in [3.63, 3.8) is 0 Å². The molecular weight excluding hydrogens is 332 g/mol. The van der Waals surface area contributed by atoms with Crippen molar-refractivity contribution in [2.75, 3.05) is 0 Å². The Hall–Kier alpha value is -2.91. The van der Waals surface area contributed by atoms with E-state index in [1.165, 1.54) is 0 Å². The zero-order valence-electron chi connectivity index (χ0n) is 13.4. The van der Waals surface area contributed by atoms with Gasteiger partial charge in [-0.15, -0.1) is 0 Å². The average Bonchev–Trinajstić information content (AvgIpc) is 2.64. The lowest BCUT2D eigenvalue weighted by Crippen LogP contribution is -2.24. The van der Waals surface area contributed by atoms with E-state index in [2.05, 4.69) is 0 Å². The van der Waals surface area contributed by atoms with Crippen molar-refractivity contribution >= 4 is 22.5 Å². The van der Waals surface area contributed by atoms with E-state index in [4.69, 9.17) is 16.6 Å². The monoisotopic (exact) mass is 346 g/mol. The molecule has 4 rings (SSSR count). The first-order chi connectivity index (χ1) is 12.2. The van der Waals surface area contributed by atoms with Gasteiger partial charge in [-0.25, -0.2) is 4.98 Å². The number of aromatic nitrogens is 2. The molecule has 0 atom stereocenters. The van der Waals surface area contributed by atoms with Gasteiger partial charge in [0, 0.05) is 11.4 Å². The molecule has 0 saturated carbocycles. The summed E-state index contributed by atoms with van der Waals surface area (Å²) in [5.41, 5.74) is 2.51. The standard InChI is InChI=1S/C21H15ClN2O/c22-16-10-12-17(13-11-16)24-20(14-15-6-2-1-3-7-15)23-19-9-5-4-8-18(19)21(24)25/h1-13H,14H2.